The van der Waals surface area contributed by atoms with E-state index < -0.39 is 0 Å². The van der Waals surface area contributed by atoms with E-state index in [0.29, 0.717) is 12.3 Å². The first kappa shape index (κ1) is 11.8. The molecule has 3 atom stereocenters. The van der Waals surface area contributed by atoms with Gasteiger partial charge in [0.05, 0.1) is 6.20 Å². The number of aromatic amines is 1. The molecule has 0 aliphatic heterocycles. The molecule has 1 aromatic rings. The molecule has 2 aliphatic carbocycles. The Hall–Kier alpha value is -1.32. The van der Waals surface area contributed by atoms with Crippen LogP contribution in [0.4, 0.5) is 5.82 Å². The average molecular weight is 247 g/mol. The summed E-state index contributed by atoms with van der Waals surface area (Å²) in [6, 6.07) is 0. The first-order chi connectivity index (χ1) is 8.76. The predicted molar refractivity (Wildman–Crippen MR) is 70.2 cm³/mol. The van der Waals surface area contributed by atoms with Gasteiger partial charge in [-0.1, -0.05) is 13.3 Å². The van der Waals surface area contributed by atoms with Crippen molar-refractivity contribution in [3.8, 4) is 0 Å². The third-order valence-corrected chi connectivity index (χ3v) is 4.70. The molecule has 18 heavy (non-hydrogen) atoms. The Kier molecular flexibility index (Phi) is 3.10. The molecular formula is C14H21N3O. The molecule has 1 amide bonds. The van der Waals surface area contributed by atoms with Gasteiger partial charge in [0.1, 0.15) is 5.82 Å². The van der Waals surface area contributed by atoms with Gasteiger partial charge in [-0.2, -0.15) is 5.10 Å². The minimum atomic E-state index is 0.145. The van der Waals surface area contributed by atoms with Crippen molar-refractivity contribution in [2.75, 3.05) is 5.32 Å². The van der Waals surface area contributed by atoms with Gasteiger partial charge in [-0.3, -0.25) is 9.89 Å². The van der Waals surface area contributed by atoms with Gasteiger partial charge in [0, 0.05) is 12.0 Å². The Morgan fingerprint density at radius 2 is 2.39 bits per heavy atom. The van der Waals surface area contributed by atoms with E-state index in [0.717, 1.165) is 29.6 Å². The Labute approximate surface area is 108 Å². The maximum absolute atomic E-state index is 12.1. The molecule has 0 saturated heterocycles. The Morgan fingerprint density at radius 1 is 1.50 bits per heavy atom. The number of carbonyl (C=O) groups excluding carboxylic acids is 1. The fraction of sp³-hybridized carbons (Fsp3) is 0.714. The molecule has 2 saturated carbocycles. The van der Waals surface area contributed by atoms with Crippen molar-refractivity contribution < 1.29 is 4.79 Å². The molecule has 98 valence electrons. The molecule has 4 heteroatoms. The summed E-state index contributed by atoms with van der Waals surface area (Å²) in [6.07, 6.45) is 8.72. The molecule has 1 aromatic heterocycles. The Bertz CT molecular complexity index is 440. The van der Waals surface area contributed by atoms with Gasteiger partial charge >= 0.3 is 0 Å². The van der Waals surface area contributed by atoms with E-state index in [1.807, 2.05) is 0 Å². The molecule has 2 aliphatic rings. The van der Waals surface area contributed by atoms with Gasteiger partial charge in [-0.15, -0.1) is 0 Å². The number of nitrogens with one attached hydrogen (secondary N) is 2. The second-order valence-corrected chi connectivity index (χ2v) is 5.81. The number of anilines is 1. The zero-order chi connectivity index (χ0) is 12.5. The third-order valence-electron chi connectivity index (χ3n) is 4.70. The van der Waals surface area contributed by atoms with Gasteiger partial charge in [-0.25, -0.2) is 0 Å². The number of fused-ring (bicyclic) bond motifs is 2. The molecule has 2 bridgehead atoms. The van der Waals surface area contributed by atoms with Crippen molar-refractivity contribution >= 4 is 11.7 Å². The average Bonchev–Trinajstić information content (AvgIpc) is 3.04. The van der Waals surface area contributed by atoms with Crippen molar-refractivity contribution in [3.05, 3.63) is 11.8 Å². The molecule has 4 nitrogen and oxygen atoms in total. The number of aromatic nitrogens is 2. The standard InChI is InChI=1S/C14H21N3O/c1-2-10-8-15-17-14(10)16-13(18)7-12-6-9-3-4-11(12)5-9/h8-9,11-12H,2-7H2,1H3,(H2,15,16,17,18). The summed E-state index contributed by atoms with van der Waals surface area (Å²) in [4.78, 5) is 12.1. The minimum Gasteiger partial charge on any atom is -0.311 e. The fourth-order valence-electron chi connectivity index (χ4n) is 3.74. The highest BCUT2D eigenvalue weighted by atomic mass is 16.1. The van der Waals surface area contributed by atoms with Crippen LogP contribution in [-0.2, 0) is 11.2 Å². The smallest absolute Gasteiger partial charge is 0.225 e. The molecule has 2 fully saturated rings. The summed E-state index contributed by atoms with van der Waals surface area (Å²) in [7, 11) is 0. The van der Waals surface area contributed by atoms with Crippen molar-refractivity contribution in [2.24, 2.45) is 17.8 Å². The lowest BCUT2D eigenvalue weighted by molar-refractivity contribution is -0.117. The maximum atomic E-state index is 12.1. The molecule has 0 aromatic carbocycles. The Morgan fingerprint density at radius 3 is 3.06 bits per heavy atom. The van der Waals surface area contributed by atoms with E-state index in [9.17, 15) is 4.79 Å². The molecule has 3 rings (SSSR count). The van der Waals surface area contributed by atoms with Crippen molar-refractivity contribution in [3.63, 3.8) is 0 Å². The number of amides is 1. The minimum absolute atomic E-state index is 0.145. The highest BCUT2D eigenvalue weighted by Crippen LogP contribution is 2.49. The summed E-state index contributed by atoms with van der Waals surface area (Å²) in [5, 5.41) is 9.81. The van der Waals surface area contributed by atoms with Crippen LogP contribution in [0.25, 0.3) is 0 Å². The summed E-state index contributed by atoms with van der Waals surface area (Å²) >= 11 is 0. The largest absolute Gasteiger partial charge is 0.311 e. The van der Waals surface area contributed by atoms with Crippen LogP contribution in [0.15, 0.2) is 6.20 Å². The van der Waals surface area contributed by atoms with Crippen LogP contribution in [0.3, 0.4) is 0 Å². The third kappa shape index (κ3) is 2.16. The van der Waals surface area contributed by atoms with E-state index in [2.05, 4.69) is 22.4 Å². The topological polar surface area (TPSA) is 57.8 Å². The van der Waals surface area contributed by atoms with Gasteiger partial charge in [0.2, 0.25) is 5.91 Å². The highest BCUT2D eigenvalue weighted by Gasteiger charge is 2.40. The maximum Gasteiger partial charge on any atom is 0.225 e. The van der Waals surface area contributed by atoms with Gasteiger partial charge in [0.25, 0.3) is 0 Å². The number of hydrogen-bond acceptors (Lipinski definition) is 2. The zero-order valence-corrected chi connectivity index (χ0v) is 10.9. The van der Waals surface area contributed by atoms with E-state index >= 15 is 0 Å². The first-order valence-electron chi connectivity index (χ1n) is 7.08. The van der Waals surface area contributed by atoms with E-state index in [-0.39, 0.29) is 5.91 Å². The summed E-state index contributed by atoms with van der Waals surface area (Å²) in [5.41, 5.74) is 1.08. The Balaban J connectivity index is 1.56. The zero-order valence-electron chi connectivity index (χ0n) is 10.9. The van der Waals surface area contributed by atoms with Crippen LogP contribution in [0, 0.1) is 17.8 Å². The van der Waals surface area contributed by atoms with E-state index in [4.69, 9.17) is 0 Å². The van der Waals surface area contributed by atoms with Crippen LogP contribution in [0.5, 0.6) is 0 Å². The number of H-pyrrole nitrogens is 1. The van der Waals surface area contributed by atoms with Gasteiger partial charge in [0.15, 0.2) is 0 Å². The quantitative estimate of drug-likeness (QED) is 0.859. The van der Waals surface area contributed by atoms with Crippen LogP contribution >= 0.6 is 0 Å². The van der Waals surface area contributed by atoms with Crippen molar-refractivity contribution in [1.82, 2.24) is 10.2 Å². The van der Waals surface area contributed by atoms with Gasteiger partial charge in [-0.05, 0) is 43.4 Å². The molecule has 2 N–H and O–H groups in total. The first-order valence-corrected chi connectivity index (χ1v) is 7.08. The molecule has 0 spiro atoms. The molecule has 1 heterocycles. The van der Waals surface area contributed by atoms with Crippen LogP contribution in [0.1, 0.15) is 44.6 Å². The number of aryl methyl sites for hydroxylation is 1. The lowest BCUT2D eigenvalue weighted by Crippen LogP contribution is -2.20. The number of rotatable bonds is 4. The fourth-order valence-corrected chi connectivity index (χ4v) is 3.74. The van der Waals surface area contributed by atoms with E-state index in [1.165, 1.54) is 25.7 Å². The monoisotopic (exact) mass is 247 g/mol. The SMILES string of the molecule is CCc1cn[nH]c1NC(=O)CC1CC2CCC1C2. The second-order valence-electron chi connectivity index (χ2n) is 5.81. The number of hydrogen-bond donors (Lipinski definition) is 2. The van der Waals surface area contributed by atoms with Crippen LogP contribution in [-0.4, -0.2) is 16.1 Å². The van der Waals surface area contributed by atoms with Gasteiger partial charge < -0.3 is 5.32 Å². The summed E-state index contributed by atoms with van der Waals surface area (Å²) in [6.45, 7) is 2.07. The number of nitrogens with zero attached hydrogens (tertiary/aromatic N) is 1. The lowest BCUT2D eigenvalue weighted by atomic mass is 9.86. The normalized spacial score (nSPS) is 29.7. The lowest BCUT2D eigenvalue weighted by Gasteiger charge is -2.20. The number of carbonyl (C=O) groups is 1. The summed E-state index contributed by atoms with van der Waals surface area (Å²) < 4.78 is 0. The molecule has 0 radical (unpaired) electrons. The van der Waals surface area contributed by atoms with Crippen LogP contribution in [0.2, 0.25) is 0 Å². The van der Waals surface area contributed by atoms with E-state index in [1.54, 1.807) is 6.20 Å². The second kappa shape index (κ2) is 4.75. The van der Waals surface area contributed by atoms with Crippen molar-refractivity contribution in [1.29, 1.82) is 0 Å². The molecular weight excluding hydrogens is 226 g/mol. The van der Waals surface area contributed by atoms with Crippen molar-refractivity contribution in [2.45, 2.75) is 45.4 Å². The molecule has 3 unspecified atom stereocenters. The van der Waals surface area contributed by atoms with Crippen LogP contribution < -0.4 is 5.32 Å². The summed E-state index contributed by atoms with van der Waals surface area (Å²) in [5.74, 6) is 3.27. The predicted octanol–water partition coefficient (Wildman–Crippen LogP) is 2.74. The highest BCUT2D eigenvalue weighted by molar-refractivity contribution is 5.90.